The van der Waals surface area contributed by atoms with Gasteiger partial charge in [-0.25, -0.2) is 0 Å². The van der Waals surface area contributed by atoms with Gasteiger partial charge in [0.15, 0.2) is 5.78 Å². The SMILES string of the molecule is Cn1ncc(Br)c1C(=O)CNCC(F)(F)F. The fraction of sp³-hybridized carbons (Fsp3) is 0.500. The molecule has 0 atom stereocenters. The summed E-state index contributed by atoms with van der Waals surface area (Å²) in [6.07, 6.45) is -2.90. The number of carbonyl (C=O) groups excluding carboxylic acids is 1. The van der Waals surface area contributed by atoms with Gasteiger partial charge in [0.25, 0.3) is 0 Å². The van der Waals surface area contributed by atoms with Crippen molar-refractivity contribution in [1.29, 1.82) is 0 Å². The lowest BCUT2D eigenvalue weighted by Crippen LogP contribution is -2.33. The molecule has 90 valence electrons. The molecule has 0 aliphatic heterocycles. The van der Waals surface area contributed by atoms with E-state index in [4.69, 9.17) is 0 Å². The second-order valence-corrected chi connectivity index (χ2v) is 3.96. The number of ketones is 1. The van der Waals surface area contributed by atoms with Crippen molar-refractivity contribution in [3.05, 3.63) is 16.4 Å². The summed E-state index contributed by atoms with van der Waals surface area (Å²) in [5.41, 5.74) is 0.245. The van der Waals surface area contributed by atoms with E-state index in [0.717, 1.165) is 0 Å². The van der Waals surface area contributed by atoms with Crippen molar-refractivity contribution in [1.82, 2.24) is 15.1 Å². The molecule has 1 N–H and O–H groups in total. The number of rotatable bonds is 4. The highest BCUT2D eigenvalue weighted by Gasteiger charge is 2.27. The minimum absolute atomic E-state index is 0.245. The molecular weight excluding hydrogens is 291 g/mol. The van der Waals surface area contributed by atoms with Crippen LogP contribution in [0.2, 0.25) is 0 Å². The molecule has 0 aliphatic rings. The monoisotopic (exact) mass is 299 g/mol. The first-order valence-electron chi connectivity index (χ1n) is 4.29. The first kappa shape index (κ1) is 13.2. The smallest absolute Gasteiger partial charge is 0.301 e. The van der Waals surface area contributed by atoms with Crippen LogP contribution in [-0.2, 0) is 7.05 Å². The van der Waals surface area contributed by atoms with Crippen LogP contribution in [0.4, 0.5) is 13.2 Å². The van der Waals surface area contributed by atoms with Crippen LogP contribution >= 0.6 is 15.9 Å². The minimum Gasteiger partial charge on any atom is -0.301 e. The van der Waals surface area contributed by atoms with Crippen LogP contribution in [0.15, 0.2) is 10.7 Å². The molecule has 0 aromatic carbocycles. The third-order valence-electron chi connectivity index (χ3n) is 1.77. The highest BCUT2D eigenvalue weighted by Crippen LogP contribution is 2.16. The average molecular weight is 300 g/mol. The molecule has 1 rings (SSSR count). The zero-order valence-corrected chi connectivity index (χ0v) is 9.89. The van der Waals surface area contributed by atoms with E-state index < -0.39 is 18.5 Å². The van der Waals surface area contributed by atoms with E-state index in [2.05, 4.69) is 21.0 Å². The molecule has 0 radical (unpaired) electrons. The standard InChI is InChI=1S/C8H9BrF3N3O/c1-15-7(5(9)2-14-15)6(16)3-13-4-8(10,11)12/h2,13H,3-4H2,1H3. The molecule has 0 amide bonds. The van der Waals surface area contributed by atoms with E-state index in [1.807, 2.05) is 5.32 Å². The molecular formula is C8H9BrF3N3O. The summed E-state index contributed by atoms with van der Waals surface area (Å²) in [6.45, 7) is -1.56. The van der Waals surface area contributed by atoms with E-state index in [1.165, 1.54) is 10.9 Å². The Labute approximate surface area is 97.9 Å². The predicted molar refractivity (Wildman–Crippen MR) is 54.2 cm³/mol. The Bertz CT molecular complexity index is 369. The maximum Gasteiger partial charge on any atom is 0.401 e. The largest absolute Gasteiger partial charge is 0.401 e. The predicted octanol–water partition coefficient (Wildman–Crippen LogP) is 1.52. The Morgan fingerprint density at radius 3 is 2.69 bits per heavy atom. The number of halogens is 4. The number of hydrogen-bond acceptors (Lipinski definition) is 3. The number of nitrogens with one attached hydrogen (secondary N) is 1. The summed E-state index contributed by atoms with van der Waals surface area (Å²) in [7, 11) is 1.54. The van der Waals surface area contributed by atoms with E-state index in [0.29, 0.717) is 4.47 Å². The number of alkyl halides is 3. The topological polar surface area (TPSA) is 46.9 Å². The van der Waals surface area contributed by atoms with Gasteiger partial charge in [-0.1, -0.05) is 0 Å². The fourth-order valence-corrected chi connectivity index (χ4v) is 1.70. The Balaban J connectivity index is 2.54. The summed E-state index contributed by atoms with van der Waals surface area (Å²) in [6, 6.07) is 0. The lowest BCUT2D eigenvalue weighted by molar-refractivity contribution is -0.124. The molecule has 0 bridgehead atoms. The van der Waals surface area contributed by atoms with Gasteiger partial charge >= 0.3 is 6.18 Å². The lowest BCUT2D eigenvalue weighted by atomic mass is 10.3. The van der Waals surface area contributed by atoms with Gasteiger partial charge in [-0.3, -0.25) is 9.48 Å². The second kappa shape index (κ2) is 4.96. The van der Waals surface area contributed by atoms with Gasteiger partial charge in [0.2, 0.25) is 0 Å². The molecule has 0 aliphatic carbocycles. The molecule has 0 unspecified atom stereocenters. The van der Waals surface area contributed by atoms with Crippen LogP contribution < -0.4 is 5.32 Å². The van der Waals surface area contributed by atoms with Gasteiger partial charge in [0, 0.05) is 7.05 Å². The lowest BCUT2D eigenvalue weighted by Gasteiger charge is -2.07. The van der Waals surface area contributed by atoms with E-state index >= 15 is 0 Å². The number of aryl methyl sites for hydroxylation is 1. The molecule has 8 heteroatoms. The van der Waals surface area contributed by atoms with Crippen LogP contribution in [0.3, 0.4) is 0 Å². The third-order valence-corrected chi connectivity index (χ3v) is 2.35. The molecule has 16 heavy (non-hydrogen) atoms. The van der Waals surface area contributed by atoms with Crippen LogP contribution in [0.25, 0.3) is 0 Å². The third kappa shape index (κ3) is 3.60. The molecule has 0 saturated carbocycles. The van der Waals surface area contributed by atoms with Gasteiger partial charge in [0.05, 0.1) is 23.8 Å². The summed E-state index contributed by atoms with van der Waals surface area (Å²) in [5, 5.41) is 5.82. The molecule has 1 heterocycles. The summed E-state index contributed by atoms with van der Waals surface area (Å²) >= 11 is 3.09. The molecule has 0 fully saturated rings. The highest BCUT2D eigenvalue weighted by atomic mass is 79.9. The van der Waals surface area contributed by atoms with Crippen molar-refractivity contribution >= 4 is 21.7 Å². The summed E-state index contributed by atoms with van der Waals surface area (Å²) in [5.74, 6) is -0.448. The van der Waals surface area contributed by atoms with Crippen molar-refractivity contribution < 1.29 is 18.0 Å². The number of carbonyl (C=O) groups is 1. The molecule has 1 aromatic heterocycles. The summed E-state index contributed by atoms with van der Waals surface area (Å²) < 4.78 is 37.2. The first-order chi connectivity index (χ1) is 7.31. The molecule has 1 aromatic rings. The fourth-order valence-electron chi connectivity index (χ4n) is 1.13. The summed E-state index contributed by atoms with van der Waals surface area (Å²) in [4.78, 5) is 11.5. The van der Waals surface area contributed by atoms with Crippen molar-refractivity contribution in [3.8, 4) is 0 Å². The van der Waals surface area contributed by atoms with Crippen molar-refractivity contribution in [2.75, 3.05) is 13.1 Å². The van der Waals surface area contributed by atoms with Crippen LogP contribution in [-0.4, -0.2) is 34.8 Å². The Kier molecular flexibility index (Phi) is 4.09. The molecule has 0 spiro atoms. The number of Topliss-reactive ketones (excluding diaryl/α,β-unsaturated/α-hetero) is 1. The zero-order valence-electron chi connectivity index (χ0n) is 8.31. The quantitative estimate of drug-likeness (QED) is 0.858. The zero-order chi connectivity index (χ0) is 12.3. The van der Waals surface area contributed by atoms with Crippen LogP contribution in [0.5, 0.6) is 0 Å². The highest BCUT2D eigenvalue weighted by molar-refractivity contribution is 9.10. The van der Waals surface area contributed by atoms with Gasteiger partial charge in [0.1, 0.15) is 5.69 Å². The van der Waals surface area contributed by atoms with Crippen molar-refractivity contribution in [3.63, 3.8) is 0 Å². The Morgan fingerprint density at radius 2 is 2.25 bits per heavy atom. The van der Waals surface area contributed by atoms with E-state index in [9.17, 15) is 18.0 Å². The van der Waals surface area contributed by atoms with Gasteiger partial charge < -0.3 is 5.32 Å². The number of nitrogens with zero attached hydrogens (tertiary/aromatic N) is 2. The van der Waals surface area contributed by atoms with E-state index in [-0.39, 0.29) is 12.2 Å². The normalized spacial score (nSPS) is 11.8. The molecule has 4 nitrogen and oxygen atoms in total. The number of aromatic nitrogens is 2. The second-order valence-electron chi connectivity index (χ2n) is 3.11. The minimum atomic E-state index is -4.32. The van der Waals surface area contributed by atoms with Gasteiger partial charge in [-0.05, 0) is 15.9 Å². The van der Waals surface area contributed by atoms with Crippen molar-refractivity contribution in [2.45, 2.75) is 6.18 Å². The van der Waals surface area contributed by atoms with Crippen LogP contribution in [0, 0.1) is 0 Å². The van der Waals surface area contributed by atoms with E-state index in [1.54, 1.807) is 7.05 Å². The maximum atomic E-state index is 11.8. The Morgan fingerprint density at radius 1 is 1.62 bits per heavy atom. The van der Waals surface area contributed by atoms with Crippen molar-refractivity contribution in [2.24, 2.45) is 7.05 Å². The van der Waals surface area contributed by atoms with Gasteiger partial charge in [-0.2, -0.15) is 18.3 Å². The average Bonchev–Trinajstić information content (AvgIpc) is 2.43. The number of hydrogen-bond donors (Lipinski definition) is 1. The maximum absolute atomic E-state index is 11.8. The Hall–Kier alpha value is -0.890. The molecule has 0 saturated heterocycles. The van der Waals surface area contributed by atoms with Crippen LogP contribution in [0.1, 0.15) is 10.5 Å². The first-order valence-corrected chi connectivity index (χ1v) is 5.08. The van der Waals surface area contributed by atoms with Gasteiger partial charge in [-0.15, -0.1) is 0 Å².